The monoisotopic (exact) mass is 363 g/mol. The number of rotatable bonds is 5. The molecule has 0 atom stereocenters. The second-order valence-electron chi connectivity index (χ2n) is 5.32. The lowest BCUT2D eigenvalue weighted by atomic mass is 10.3. The molecule has 128 valence electrons. The number of halogens is 2. The number of hydrogen-bond donors (Lipinski definition) is 1. The van der Waals surface area contributed by atoms with Crippen molar-refractivity contribution in [2.24, 2.45) is 0 Å². The van der Waals surface area contributed by atoms with Gasteiger partial charge in [0.25, 0.3) is 0 Å². The lowest BCUT2D eigenvalue weighted by molar-refractivity contribution is -0.130. The van der Waals surface area contributed by atoms with E-state index in [1.54, 1.807) is 4.90 Å². The van der Waals surface area contributed by atoms with Gasteiger partial charge in [0.15, 0.2) is 0 Å². The van der Waals surface area contributed by atoms with E-state index in [-0.39, 0.29) is 22.4 Å². The topological polar surface area (TPSA) is 69.7 Å². The van der Waals surface area contributed by atoms with Crippen molar-refractivity contribution in [2.45, 2.75) is 11.8 Å². The molecule has 0 saturated carbocycles. The molecule has 6 nitrogen and oxygen atoms in total. The van der Waals surface area contributed by atoms with E-state index in [0.717, 1.165) is 12.1 Å². The van der Waals surface area contributed by atoms with Gasteiger partial charge in [0.05, 0.1) is 9.92 Å². The molecular formula is C14H19ClFN3O3S. The molecule has 1 aromatic rings. The number of sulfonamides is 1. The second kappa shape index (κ2) is 7.57. The fourth-order valence-electron chi connectivity index (χ4n) is 2.35. The van der Waals surface area contributed by atoms with Crippen LogP contribution in [0.25, 0.3) is 0 Å². The van der Waals surface area contributed by atoms with E-state index in [9.17, 15) is 17.6 Å². The number of amides is 1. The number of benzene rings is 1. The molecule has 0 bridgehead atoms. The third-order valence-electron chi connectivity index (χ3n) is 3.74. The third-order valence-corrected chi connectivity index (χ3v) is 5.49. The maximum absolute atomic E-state index is 13.1. The SMILES string of the molecule is CC(=O)N1CCN(CCNS(=O)(=O)c2ccc(F)c(Cl)c2)CC1. The fraction of sp³-hybridized carbons (Fsp3) is 0.500. The van der Waals surface area contributed by atoms with E-state index in [4.69, 9.17) is 11.6 Å². The predicted molar refractivity (Wildman–Crippen MR) is 85.3 cm³/mol. The van der Waals surface area contributed by atoms with Crippen molar-refractivity contribution in [1.29, 1.82) is 0 Å². The zero-order valence-corrected chi connectivity index (χ0v) is 14.3. The van der Waals surface area contributed by atoms with Crippen molar-refractivity contribution in [3.05, 3.63) is 29.0 Å². The zero-order valence-electron chi connectivity index (χ0n) is 12.8. The Morgan fingerprint density at radius 1 is 1.30 bits per heavy atom. The van der Waals surface area contributed by atoms with Crippen LogP contribution in [0.3, 0.4) is 0 Å². The summed E-state index contributed by atoms with van der Waals surface area (Å²) in [6.07, 6.45) is 0. The molecule has 1 aliphatic rings. The number of nitrogens with one attached hydrogen (secondary N) is 1. The van der Waals surface area contributed by atoms with Crippen molar-refractivity contribution >= 4 is 27.5 Å². The van der Waals surface area contributed by atoms with Gasteiger partial charge < -0.3 is 4.90 Å². The molecule has 1 aliphatic heterocycles. The summed E-state index contributed by atoms with van der Waals surface area (Å²) in [5, 5.41) is -0.228. The van der Waals surface area contributed by atoms with E-state index < -0.39 is 15.8 Å². The van der Waals surface area contributed by atoms with Crippen LogP contribution in [0.2, 0.25) is 5.02 Å². The van der Waals surface area contributed by atoms with Crippen LogP contribution in [0.15, 0.2) is 23.1 Å². The highest BCUT2D eigenvalue weighted by Crippen LogP contribution is 2.19. The van der Waals surface area contributed by atoms with Crippen LogP contribution in [0, 0.1) is 5.82 Å². The zero-order chi connectivity index (χ0) is 17.0. The van der Waals surface area contributed by atoms with E-state index in [1.807, 2.05) is 0 Å². The average molecular weight is 364 g/mol. The minimum Gasteiger partial charge on any atom is -0.340 e. The summed E-state index contributed by atoms with van der Waals surface area (Å²) in [7, 11) is -3.72. The Hall–Kier alpha value is -1.22. The Morgan fingerprint density at radius 2 is 1.96 bits per heavy atom. The summed E-state index contributed by atoms with van der Waals surface area (Å²) in [5.41, 5.74) is 0. The first-order valence-electron chi connectivity index (χ1n) is 7.22. The highest BCUT2D eigenvalue weighted by molar-refractivity contribution is 7.89. The van der Waals surface area contributed by atoms with Gasteiger partial charge in [0, 0.05) is 46.2 Å². The van der Waals surface area contributed by atoms with Crippen LogP contribution in [0.1, 0.15) is 6.92 Å². The highest BCUT2D eigenvalue weighted by Gasteiger charge is 2.20. The summed E-state index contributed by atoms with van der Waals surface area (Å²) in [6, 6.07) is 3.29. The van der Waals surface area contributed by atoms with Crippen LogP contribution in [-0.4, -0.2) is 63.4 Å². The Labute approximate surface area is 140 Å². The first kappa shape index (κ1) is 18.1. The molecule has 1 fully saturated rings. The van der Waals surface area contributed by atoms with E-state index in [2.05, 4.69) is 9.62 Å². The van der Waals surface area contributed by atoms with Crippen LogP contribution in [0.4, 0.5) is 4.39 Å². The number of carbonyl (C=O) groups is 1. The highest BCUT2D eigenvalue weighted by atomic mass is 35.5. The quantitative estimate of drug-likeness (QED) is 0.844. The molecule has 0 radical (unpaired) electrons. The molecule has 0 aromatic heterocycles. The maximum atomic E-state index is 13.1. The Kier molecular flexibility index (Phi) is 5.96. The predicted octanol–water partition coefficient (Wildman–Crippen LogP) is 0.921. The molecule has 23 heavy (non-hydrogen) atoms. The second-order valence-corrected chi connectivity index (χ2v) is 7.50. The third kappa shape index (κ3) is 4.87. The van der Waals surface area contributed by atoms with Crippen molar-refractivity contribution in [1.82, 2.24) is 14.5 Å². The first-order valence-corrected chi connectivity index (χ1v) is 9.08. The normalized spacial score (nSPS) is 16.6. The Morgan fingerprint density at radius 3 is 2.52 bits per heavy atom. The molecule has 1 N–H and O–H groups in total. The molecule has 0 unspecified atom stereocenters. The van der Waals surface area contributed by atoms with Crippen molar-refractivity contribution < 1.29 is 17.6 Å². The molecule has 1 saturated heterocycles. The standard InChI is InChI=1S/C14H19ClFN3O3S/c1-11(20)19-8-6-18(7-9-19)5-4-17-23(21,22)12-2-3-14(16)13(15)10-12/h2-3,10,17H,4-9H2,1H3. The van der Waals surface area contributed by atoms with Crippen LogP contribution < -0.4 is 4.72 Å². The Bertz CT molecular complexity index is 676. The van der Waals surface area contributed by atoms with Gasteiger partial charge in [-0.05, 0) is 18.2 Å². The number of nitrogens with zero attached hydrogens (tertiary/aromatic N) is 2. The molecule has 1 heterocycles. The van der Waals surface area contributed by atoms with Gasteiger partial charge in [-0.2, -0.15) is 0 Å². The first-order chi connectivity index (χ1) is 10.8. The summed E-state index contributed by atoms with van der Waals surface area (Å²) >= 11 is 5.61. The van der Waals surface area contributed by atoms with Gasteiger partial charge in [-0.3, -0.25) is 9.69 Å². The summed E-state index contributed by atoms with van der Waals surface area (Å²) < 4.78 is 39.8. The summed E-state index contributed by atoms with van der Waals surface area (Å²) in [4.78, 5) is 15.0. The molecular weight excluding hydrogens is 345 g/mol. The van der Waals surface area contributed by atoms with Gasteiger partial charge in [-0.25, -0.2) is 17.5 Å². The summed E-state index contributed by atoms with van der Waals surface area (Å²) in [5.74, 6) is -0.604. The van der Waals surface area contributed by atoms with E-state index in [0.29, 0.717) is 32.7 Å². The largest absolute Gasteiger partial charge is 0.340 e. The smallest absolute Gasteiger partial charge is 0.240 e. The average Bonchev–Trinajstić information content (AvgIpc) is 2.50. The van der Waals surface area contributed by atoms with Crippen LogP contribution in [-0.2, 0) is 14.8 Å². The fourth-order valence-corrected chi connectivity index (χ4v) is 3.64. The van der Waals surface area contributed by atoms with Crippen LogP contribution in [0.5, 0.6) is 0 Å². The number of carbonyl (C=O) groups excluding carboxylic acids is 1. The number of piperazine rings is 1. The van der Waals surface area contributed by atoms with E-state index >= 15 is 0 Å². The van der Waals surface area contributed by atoms with Gasteiger partial charge in [0.2, 0.25) is 15.9 Å². The maximum Gasteiger partial charge on any atom is 0.240 e. The lowest BCUT2D eigenvalue weighted by Crippen LogP contribution is -2.49. The van der Waals surface area contributed by atoms with Gasteiger partial charge in [-0.1, -0.05) is 11.6 Å². The van der Waals surface area contributed by atoms with Crippen molar-refractivity contribution in [3.63, 3.8) is 0 Å². The lowest BCUT2D eigenvalue weighted by Gasteiger charge is -2.34. The molecule has 2 rings (SSSR count). The Balaban J connectivity index is 1.83. The molecule has 1 aromatic carbocycles. The minimum atomic E-state index is -3.72. The van der Waals surface area contributed by atoms with Gasteiger partial charge >= 0.3 is 0 Å². The van der Waals surface area contributed by atoms with Gasteiger partial charge in [0.1, 0.15) is 5.82 Å². The molecule has 9 heteroatoms. The van der Waals surface area contributed by atoms with Crippen molar-refractivity contribution in [2.75, 3.05) is 39.3 Å². The molecule has 0 spiro atoms. The van der Waals surface area contributed by atoms with E-state index in [1.165, 1.54) is 13.0 Å². The van der Waals surface area contributed by atoms with Gasteiger partial charge in [-0.15, -0.1) is 0 Å². The van der Waals surface area contributed by atoms with Crippen molar-refractivity contribution in [3.8, 4) is 0 Å². The van der Waals surface area contributed by atoms with Crippen LogP contribution >= 0.6 is 11.6 Å². The summed E-state index contributed by atoms with van der Waals surface area (Å²) in [6.45, 7) is 5.04. The molecule has 1 amide bonds. The number of hydrogen-bond acceptors (Lipinski definition) is 4. The molecule has 0 aliphatic carbocycles. The minimum absolute atomic E-state index is 0.0542.